The zero-order valence-corrected chi connectivity index (χ0v) is 16.1. The number of rotatable bonds is 7. The molecule has 0 aliphatic carbocycles. The Kier molecular flexibility index (Phi) is 5.90. The average Bonchev–Trinajstić information content (AvgIpc) is 3.28. The molecule has 0 spiro atoms. The van der Waals surface area contributed by atoms with Gasteiger partial charge in [0.05, 0.1) is 23.9 Å². The molecule has 3 aromatic rings. The van der Waals surface area contributed by atoms with Crippen molar-refractivity contribution in [3.05, 3.63) is 62.6 Å². The minimum atomic E-state index is -0.546. The molecule has 1 aromatic carbocycles. The van der Waals surface area contributed by atoms with E-state index in [1.54, 1.807) is 25.1 Å². The Morgan fingerprint density at radius 1 is 1.32 bits per heavy atom. The van der Waals surface area contributed by atoms with Crippen molar-refractivity contribution in [1.29, 1.82) is 0 Å². The van der Waals surface area contributed by atoms with Crippen LogP contribution in [-0.4, -0.2) is 35.4 Å². The molecule has 0 aliphatic heterocycles. The van der Waals surface area contributed by atoms with E-state index in [0.29, 0.717) is 22.2 Å². The second kappa shape index (κ2) is 8.36. The molecule has 2 aromatic heterocycles. The lowest BCUT2D eigenvalue weighted by atomic mass is 10.1. The van der Waals surface area contributed by atoms with Crippen LogP contribution in [0.15, 0.2) is 36.9 Å². The van der Waals surface area contributed by atoms with Gasteiger partial charge < -0.3 is 0 Å². The van der Waals surface area contributed by atoms with Crippen molar-refractivity contribution in [2.45, 2.75) is 20.0 Å². The van der Waals surface area contributed by atoms with Crippen LogP contribution in [0.1, 0.15) is 12.5 Å². The van der Waals surface area contributed by atoms with Crippen LogP contribution in [0, 0.1) is 16.0 Å². The molecule has 0 saturated heterocycles. The predicted octanol–water partition coefficient (Wildman–Crippen LogP) is 3.01. The number of carbonyl (C=O) groups is 1. The van der Waals surface area contributed by atoms with Gasteiger partial charge in [0.1, 0.15) is 18.7 Å². The summed E-state index contributed by atoms with van der Waals surface area (Å²) in [6, 6.07) is 5.20. The van der Waals surface area contributed by atoms with Crippen LogP contribution >= 0.6 is 23.2 Å². The number of nitrogens with zero attached hydrogens (tertiary/aromatic N) is 6. The number of anilines is 1. The van der Waals surface area contributed by atoms with E-state index in [9.17, 15) is 14.9 Å². The van der Waals surface area contributed by atoms with Gasteiger partial charge in [0.25, 0.3) is 0 Å². The number of hydrogen-bond donors (Lipinski definition) is 1. The Bertz CT molecular complexity index is 997. The highest BCUT2D eigenvalue weighted by molar-refractivity contribution is 6.35. The third-order valence-electron chi connectivity index (χ3n) is 3.89. The first-order chi connectivity index (χ1) is 13.3. The molecule has 0 radical (unpaired) electrons. The molecule has 12 heteroatoms. The normalized spacial score (nSPS) is 12.0. The lowest BCUT2D eigenvalue weighted by Gasteiger charge is -2.10. The molecule has 0 aliphatic rings. The molecular formula is C16H15Cl2N7O3. The maximum Gasteiger partial charge on any atom is 0.306 e. The van der Waals surface area contributed by atoms with E-state index in [-0.39, 0.29) is 24.1 Å². The van der Waals surface area contributed by atoms with Crippen molar-refractivity contribution >= 4 is 40.7 Å². The van der Waals surface area contributed by atoms with Gasteiger partial charge >= 0.3 is 5.69 Å². The van der Waals surface area contributed by atoms with Gasteiger partial charge in [0, 0.05) is 15.6 Å². The zero-order valence-electron chi connectivity index (χ0n) is 14.6. The minimum Gasteiger partial charge on any atom is -0.293 e. The number of halogens is 2. The number of aromatic nitrogens is 5. The molecule has 1 atom stereocenters. The Morgan fingerprint density at radius 3 is 2.68 bits per heavy atom. The van der Waals surface area contributed by atoms with E-state index in [1.807, 2.05) is 0 Å². The number of benzene rings is 1. The highest BCUT2D eigenvalue weighted by Crippen LogP contribution is 2.25. The molecule has 1 amide bonds. The first kappa shape index (κ1) is 19.8. The van der Waals surface area contributed by atoms with E-state index in [1.165, 1.54) is 21.9 Å². The minimum absolute atomic E-state index is 0.131. The van der Waals surface area contributed by atoms with Crippen LogP contribution in [-0.2, 0) is 17.9 Å². The van der Waals surface area contributed by atoms with Crippen LogP contribution in [0.5, 0.6) is 0 Å². The van der Waals surface area contributed by atoms with Gasteiger partial charge in [-0.25, -0.2) is 9.67 Å². The fourth-order valence-corrected chi connectivity index (χ4v) is 2.93. The van der Waals surface area contributed by atoms with Gasteiger partial charge in [-0.05, 0) is 12.1 Å². The lowest BCUT2D eigenvalue weighted by molar-refractivity contribution is -0.385. The van der Waals surface area contributed by atoms with Crippen molar-refractivity contribution < 1.29 is 9.72 Å². The molecule has 0 saturated carbocycles. The number of carbonyl (C=O) groups excluding carboxylic acids is 1. The van der Waals surface area contributed by atoms with E-state index in [4.69, 9.17) is 23.2 Å². The quantitative estimate of drug-likeness (QED) is 0.460. The maximum absolute atomic E-state index is 12.3. The van der Waals surface area contributed by atoms with Crippen LogP contribution in [0.4, 0.5) is 11.6 Å². The molecular weight excluding hydrogens is 409 g/mol. The molecule has 146 valence electrons. The van der Waals surface area contributed by atoms with Gasteiger partial charge in [-0.15, -0.1) is 5.10 Å². The third-order valence-corrected chi connectivity index (χ3v) is 4.60. The SMILES string of the molecule is CC(Cn1cc([N+](=O)[O-])cn1)C(=O)Nc1ncn(Cc2c(Cl)cccc2Cl)n1. The summed E-state index contributed by atoms with van der Waals surface area (Å²) in [5, 5.41) is 22.4. The molecule has 0 bridgehead atoms. The van der Waals surface area contributed by atoms with Gasteiger partial charge in [-0.1, -0.05) is 36.2 Å². The van der Waals surface area contributed by atoms with E-state index < -0.39 is 10.8 Å². The van der Waals surface area contributed by atoms with Crippen LogP contribution in [0.25, 0.3) is 0 Å². The van der Waals surface area contributed by atoms with Gasteiger partial charge in [0.2, 0.25) is 11.9 Å². The van der Waals surface area contributed by atoms with Gasteiger partial charge in [0.15, 0.2) is 0 Å². The summed E-state index contributed by atoms with van der Waals surface area (Å²) in [5.74, 6) is -0.720. The second-order valence-electron chi connectivity index (χ2n) is 6.03. The monoisotopic (exact) mass is 423 g/mol. The number of hydrogen-bond acceptors (Lipinski definition) is 6. The van der Waals surface area contributed by atoms with Crippen molar-refractivity contribution in [2.75, 3.05) is 5.32 Å². The predicted molar refractivity (Wildman–Crippen MR) is 102 cm³/mol. The highest BCUT2D eigenvalue weighted by atomic mass is 35.5. The summed E-state index contributed by atoms with van der Waals surface area (Å²) in [7, 11) is 0. The Balaban J connectivity index is 1.60. The third kappa shape index (κ3) is 4.65. The van der Waals surface area contributed by atoms with Gasteiger partial charge in [-0.3, -0.25) is 24.9 Å². The Hall–Kier alpha value is -2.98. The average molecular weight is 424 g/mol. The van der Waals surface area contributed by atoms with Crippen molar-refractivity contribution in [1.82, 2.24) is 24.5 Å². The molecule has 3 rings (SSSR count). The second-order valence-corrected chi connectivity index (χ2v) is 6.85. The van der Waals surface area contributed by atoms with E-state index in [2.05, 4.69) is 20.5 Å². The Labute approximate surface area is 169 Å². The van der Waals surface area contributed by atoms with E-state index >= 15 is 0 Å². The molecule has 10 nitrogen and oxygen atoms in total. The summed E-state index contributed by atoms with van der Waals surface area (Å²) in [5.41, 5.74) is 0.563. The summed E-state index contributed by atoms with van der Waals surface area (Å²) in [6.07, 6.45) is 3.86. The Morgan fingerprint density at radius 2 is 2.04 bits per heavy atom. The van der Waals surface area contributed by atoms with Gasteiger partial charge in [-0.2, -0.15) is 5.10 Å². The van der Waals surface area contributed by atoms with Crippen molar-refractivity contribution in [3.63, 3.8) is 0 Å². The largest absolute Gasteiger partial charge is 0.306 e. The zero-order chi connectivity index (χ0) is 20.3. The van der Waals surface area contributed by atoms with Crippen LogP contribution in [0.2, 0.25) is 10.0 Å². The summed E-state index contributed by atoms with van der Waals surface area (Å²) >= 11 is 12.3. The summed E-state index contributed by atoms with van der Waals surface area (Å²) in [6.45, 7) is 2.15. The van der Waals surface area contributed by atoms with Crippen LogP contribution in [0.3, 0.4) is 0 Å². The summed E-state index contributed by atoms with van der Waals surface area (Å²) < 4.78 is 2.85. The molecule has 1 N–H and O–H groups in total. The number of nitro groups is 1. The first-order valence-electron chi connectivity index (χ1n) is 8.13. The highest BCUT2D eigenvalue weighted by Gasteiger charge is 2.18. The van der Waals surface area contributed by atoms with Crippen molar-refractivity contribution in [2.24, 2.45) is 5.92 Å². The maximum atomic E-state index is 12.3. The fourth-order valence-electron chi connectivity index (χ4n) is 2.42. The molecule has 28 heavy (non-hydrogen) atoms. The fraction of sp³-hybridized carbons (Fsp3) is 0.250. The standard InChI is InChI=1S/C16H15Cl2N7O3/c1-10(6-23-7-11(5-20-23)25(27)28)15(26)21-16-19-9-24(22-16)8-12-13(17)3-2-4-14(12)18/h2-5,7,9-10H,6,8H2,1H3,(H,21,22,26). The molecule has 0 fully saturated rings. The molecule has 2 heterocycles. The topological polar surface area (TPSA) is 121 Å². The number of nitrogens with one attached hydrogen (secondary N) is 1. The lowest BCUT2D eigenvalue weighted by Crippen LogP contribution is -2.25. The first-order valence-corrected chi connectivity index (χ1v) is 8.89. The van der Waals surface area contributed by atoms with Crippen LogP contribution < -0.4 is 5.32 Å². The molecule has 1 unspecified atom stereocenters. The summed E-state index contributed by atoms with van der Waals surface area (Å²) in [4.78, 5) is 26.5. The van der Waals surface area contributed by atoms with E-state index in [0.717, 1.165) is 6.20 Å². The smallest absolute Gasteiger partial charge is 0.293 e. The van der Waals surface area contributed by atoms with Crippen molar-refractivity contribution in [3.8, 4) is 0 Å². The number of amides is 1.